The molecule has 2 aliphatic heterocycles. The number of anilines is 1. The zero-order valence-electron chi connectivity index (χ0n) is 17.3. The number of aromatic nitrogens is 1. The number of halogens is 1. The average molecular weight is 474 g/mol. The molecular formula is C21H19FN4O6S. The van der Waals surface area contributed by atoms with E-state index in [0.717, 1.165) is 12.1 Å². The van der Waals surface area contributed by atoms with Gasteiger partial charge < -0.3 is 24.5 Å². The average Bonchev–Trinajstić information content (AvgIpc) is 3.01. The summed E-state index contributed by atoms with van der Waals surface area (Å²) in [4.78, 5) is 12.6. The van der Waals surface area contributed by atoms with Crippen molar-refractivity contribution in [3.63, 3.8) is 0 Å². The fraction of sp³-hybridized carbons (Fsp3) is 0.333. The van der Waals surface area contributed by atoms with Gasteiger partial charge in [0.25, 0.3) is 5.91 Å². The molecule has 12 heteroatoms. The topological polar surface area (TPSA) is 143 Å². The minimum absolute atomic E-state index is 0.00953. The number of hydrogen-bond donors (Lipinski definition) is 3. The van der Waals surface area contributed by atoms with E-state index in [1.54, 1.807) is 6.07 Å². The molecule has 172 valence electrons. The molecule has 1 fully saturated rings. The van der Waals surface area contributed by atoms with Gasteiger partial charge in [-0.1, -0.05) is 11.8 Å². The molecule has 0 unspecified atom stereocenters. The highest BCUT2D eigenvalue weighted by molar-refractivity contribution is 7.89. The molecule has 1 saturated heterocycles. The highest BCUT2D eigenvalue weighted by Gasteiger charge is 2.36. The summed E-state index contributed by atoms with van der Waals surface area (Å²) in [6.45, 7) is 0.644. The van der Waals surface area contributed by atoms with E-state index in [1.807, 2.05) is 0 Å². The molecule has 3 N–H and O–H groups in total. The number of amides is 1. The lowest BCUT2D eigenvalue weighted by Gasteiger charge is -2.21. The summed E-state index contributed by atoms with van der Waals surface area (Å²) in [7, 11) is -2.68. The molecule has 10 nitrogen and oxygen atoms in total. The minimum atomic E-state index is -4.15. The molecule has 1 aromatic carbocycles. The van der Waals surface area contributed by atoms with Crippen molar-refractivity contribution >= 4 is 21.6 Å². The van der Waals surface area contributed by atoms with Gasteiger partial charge in [-0.15, -0.1) is 0 Å². The Bertz CT molecular complexity index is 1320. The van der Waals surface area contributed by atoms with Crippen molar-refractivity contribution in [3.8, 4) is 23.7 Å². The third-order valence-electron chi connectivity index (χ3n) is 5.12. The van der Waals surface area contributed by atoms with Gasteiger partial charge in [0.15, 0.2) is 11.4 Å². The first kappa shape index (κ1) is 22.8. The van der Waals surface area contributed by atoms with Crippen molar-refractivity contribution in [1.82, 2.24) is 9.29 Å². The second-order valence-electron chi connectivity index (χ2n) is 7.55. The fourth-order valence-electron chi connectivity index (χ4n) is 3.30. The summed E-state index contributed by atoms with van der Waals surface area (Å²) in [5, 5.41) is 21.8. The number of nitrogens with one attached hydrogen (secondary N) is 2. The Morgan fingerprint density at radius 2 is 2.15 bits per heavy atom. The van der Waals surface area contributed by atoms with Gasteiger partial charge in [-0.25, -0.2) is 17.5 Å². The van der Waals surface area contributed by atoms with E-state index in [9.17, 15) is 22.7 Å². The van der Waals surface area contributed by atoms with Gasteiger partial charge in [0, 0.05) is 18.9 Å². The zero-order valence-corrected chi connectivity index (χ0v) is 18.1. The molecule has 2 atom stereocenters. The Kier molecular flexibility index (Phi) is 6.10. The molecule has 2 aliphatic rings. The van der Waals surface area contributed by atoms with Gasteiger partial charge >= 0.3 is 0 Å². The summed E-state index contributed by atoms with van der Waals surface area (Å²) < 4.78 is 53.6. The van der Waals surface area contributed by atoms with E-state index in [4.69, 9.17) is 14.7 Å². The maximum Gasteiger partial charge on any atom is 0.276 e. The maximum atomic E-state index is 13.6. The third-order valence-corrected chi connectivity index (χ3v) is 6.60. The number of aliphatic hydroxyl groups is 1. The van der Waals surface area contributed by atoms with Gasteiger partial charge in [-0.2, -0.15) is 5.26 Å². The van der Waals surface area contributed by atoms with Gasteiger partial charge in [0.05, 0.1) is 30.7 Å². The van der Waals surface area contributed by atoms with Gasteiger partial charge in [0.1, 0.15) is 29.5 Å². The van der Waals surface area contributed by atoms with E-state index in [1.165, 1.54) is 23.9 Å². The molecule has 33 heavy (non-hydrogen) atoms. The van der Waals surface area contributed by atoms with Crippen LogP contribution in [-0.4, -0.2) is 56.0 Å². The molecule has 1 amide bonds. The SMILES string of the molecule is Cn1cc2c(c1C(=O)Nc1ccc(F)c(C#N)c1)OC[C@H]([C@@H](O)C#CC1COC1)NS2(=O)=O. The Balaban J connectivity index is 1.59. The fourth-order valence-corrected chi connectivity index (χ4v) is 4.72. The highest BCUT2D eigenvalue weighted by Crippen LogP contribution is 2.33. The summed E-state index contributed by atoms with van der Waals surface area (Å²) in [5.41, 5.74) is -0.218. The quantitative estimate of drug-likeness (QED) is 0.545. The molecule has 0 bridgehead atoms. The van der Waals surface area contributed by atoms with Crippen LogP contribution in [0.1, 0.15) is 16.1 Å². The van der Waals surface area contributed by atoms with Crippen molar-refractivity contribution < 1.29 is 32.2 Å². The molecule has 3 heterocycles. The number of ether oxygens (including phenoxy) is 2. The second kappa shape index (κ2) is 8.84. The van der Waals surface area contributed by atoms with E-state index >= 15 is 0 Å². The Labute approximate surface area is 189 Å². The molecule has 4 rings (SSSR count). The number of rotatable bonds is 3. The smallest absolute Gasteiger partial charge is 0.276 e. The number of carbonyl (C=O) groups excluding carboxylic acids is 1. The molecule has 0 aliphatic carbocycles. The predicted octanol–water partition coefficient (Wildman–Crippen LogP) is 0.338. The number of sulfonamides is 1. The molecule has 2 aromatic rings. The van der Waals surface area contributed by atoms with Crippen molar-refractivity contribution in [1.29, 1.82) is 5.26 Å². The number of nitrogens with zero attached hydrogens (tertiary/aromatic N) is 2. The van der Waals surface area contributed by atoms with E-state index in [-0.39, 0.29) is 40.1 Å². The summed E-state index contributed by atoms with van der Waals surface area (Å²) in [6.07, 6.45) is -0.122. The van der Waals surface area contributed by atoms with Crippen LogP contribution in [-0.2, 0) is 21.8 Å². The van der Waals surface area contributed by atoms with Crippen LogP contribution in [0.5, 0.6) is 5.75 Å². The lowest BCUT2D eigenvalue weighted by atomic mass is 10.1. The predicted molar refractivity (Wildman–Crippen MR) is 112 cm³/mol. The number of benzene rings is 1. The van der Waals surface area contributed by atoms with Gasteiger partial charge in [-0.3, -0.25) is 4.79 Å². The van der Waals surface area contributed by atoms with E-state index < -0.39 is 33.9 Å². The third kappa shape index (κ3) is 4.55. The van der Waals surface area contributed by atoms with Crippen LogP contribution in [0.25, 0.3) is 0 Å². The zero-order chi connectivity index (χ0) is 23.8. The van der Waals surface area contributed by atoms with Crippen molar-refractivity contribution in [2.45, 2.75) is 17.0 Å². The number of aliphatic hydroxyl groups excluding tert-OH is 1. The van der Waals surface area contributed by atoms with Crippen molar-refractivity contribution in [3.05, 3.63) is 41.5 Å². The van der Waals surface area contributed by atoms with Crippen LogP contribution in [0.4, 0.5) is 10.1 Å². The Morgan fingerprint density at radius 3 is 2.82 bits per heavy atom. The van der Waals surface area contributed by atoms with Crippen molar-refractivity contribution in [2.75, 3.05) is 25.1 Å². The molecule has 0 spiro atoms. The summed E-state index contributed by atoms with van der Waals surface area (Å²) in [5.74, 6) is 3.77. The van der Waals surface area contributed by atoms with Crippen LogP contribution < -0.4 is 14.8 Å². The molecule has 0 saturated carbocycles. The summed E-state index contributed by atoms with van der Waals surface area (Å²) >= 11 is 0. The van der Waals surface area contributed by atoms with Crippen LogP contribution >= 0.6 is 0 Å². The normalized spacial score (nSPS) is 20.0. The first-order valence-electron chi connectivity index (χ1n) is 9.82. The number of fused-ring (bicyclic) bond motifs is 1. The van der Waals surface area contributed by atoms with Gasteiger partial charge in [0.2, 0.25) is 10.0 Å². The number of nitriles is 1. The Morgan fingerprint density at radius 1 is 1.39 bits per heavy atom. The molecule has 1 aromatic heterocycles. The maximum absolute atomic E-state index is 13.6. The minimum Gasteiger partial charge on any atom is -0.488 e. The van der Waals surface area contributed by atoms with E-state index in [0.29, 0.717) is 13.2 Å². The lowest BCUT2D eigenvalue weighted by Crippen LogP contribution is -2.45. The second-order valence-corrected chi connectivity index (χ2v) is 9.23. The standard InChI is InChI=1S/C21H19FN4O6S/c1-26-8-18-20(19(26)21(28)24-14-3-4-15(22)13(6-14)7-23)32-11-16(25-33(18,29)30)17(27)5-2-12-9-31-10-12/h3-4,6,8,12,16-17,25,27H,9-11H2,1H3,(H,24,28)/t16-,17+/m1/s1. The van der Waals surface area contributed by atoms with Crippen molar-refractivity contribution in [2.24, 2.45) is 13.0 Å². The van der Waals surface area contributed by atoms with Crippen LogP contribution in [0.2, 0.25) is 0 Å². The number of hydrogen-bond acceptors (Lipinski definition) is 7. The lowest BCUT2D eigenvalue weighted by molar-refractivity contribution is -0.00323. The summed E-state index contributed by atoms with van der Waals surface area (Å²) in [6, 6.07) is 4.08. The van der Waals surface area contributed by atoms with Gasteiger partial charge in [-0.05, 0) is 18.2 Å². The monoisotopic (exact) mass is 474 g/mol. The van der Waals surface area contributed by atoms with E-state index in [2.05, 4.69) is 21.9 Å². The molecule has 0 radical (unpaired) electrons. The van der Waals surface area contributed by atoms with Crippen LogP contribution in [0.3, 0.4) is 0 Å². The largest absolute Gasteiger partial charge is 0.488 e. The number of carbonyl (C=O) groups is 1. The Hall–Kier alpha value is -3.42. The highest BCUT2D eigenvalue weighted by atomic mass is 32.2. The molecular weight excluding hydrogens is 455 g/mol. The first-order valence-corrected chi connectivity index (χ1v) is 11.3. The van der Waals surface area contributed by atoms with Crippen LogP contribution in [0, 0.1) is 34.9 Å². The number of aryl methyl sites for hydroxylation is 1. The first-order chi connectivity index (χ1) is 15.7. The van der Waals surface area contributed by atoms with Crippen LogP contribution in [0.15, 0.2) is 29.3 Å².